The van der Waals surface area contributed by atoms with Gasteiger partial charge in [0.1, 0.15) is 5.82 Å². The standard InChI is InChI=1S/C24H23ClFN3O/c25-17-1-4-19(5-2-17)28-23(30)16-14-24(15-16)8-11-29(12-9-24)22-7-10-27-21-6-3-18(26)13-20(21)22/h1-7,10,13,16H,8-9,11-12,14-15H2,(H,28,30). The number of carbonyl (C=O) groups is 1. The molecular weight excluding hydrogens is 401 g/mol. The predicted molar refractivity (Wildman–Crippen MR) is 118 cm³/mol. The van der Waals surface area contributed by atoms with E-state index in [0.29, 0.717) is 5.02 Å². The van der Waals surface area contributed by atoms with E-state index in [0.717, 1.165) is 61.1 Å². The van der Waals surface area contributed by atoms with Gasteiger partial charge in [-0.05, 0) is 79.6 Å². The number of fused-ring (bicyclic) bond motifs is 1. The van der Waals surface area contributed by atoms with Crippen molar-refractivity contribution in [3.8, 4) is 0 Å². The maximum atomic E-state index is 13.8. The predicted octanol–water partition coefficient (Wildman–Crippen LogP) is 5.66. The fraction of sp³-hybridized carbons (Fsp3) is 0.333. The molecule has 3 aromatic rings. The Hall–Kier alpha value is -2.66. The highest BCUT2D eigenvalue weighted by Gasteiger charge is 2.48. The highest BCUT2D eigenvalue weighted by atomic mass is 35.5. The number of amides is 1. The van der Waals surface area contributed by atoms with Crippen molar-refractivity contribution in [2.24, 2.45) is 11.3 Å². The zero-order chi connectivity index (χ0) is 20.7. The third kappa shape index (κ3) is 3.63. The first-order chi connectivity index (χ1) is 14.5. The summed E-state index contributed by atoms with van der Waals surface area (Å²) in [5.74, 6) is -0.0668. The second kappa shape index (κ2) is 7.55. The Morgan fingerprint density at radius 1 is 1.10 bits per heavy atom. The monoisotopic (exact) mass is 423 g/mol. The molecule has 6 heteroatoms. The summed E-state index contributed by atoms with van der Waals surface area (Å²) in [5, 5.41) is 4.53. The molecule has 1 saturated heterocycles. The minimum Gasteiger partial charge on any atom is -0.371 e. The smallest absolute Gasteiger partial charge is 0.227 e. The van der Waals surface area contributed by atoms with E-state index in [9.17, 15) is 9.18 Å². The number of nitrogens with one attached hydrogen (secondary N) is 1. The van der Waals surface area contributed by atoms with Crippen LogP contribution in [-0.2, 0) is 4.79 Å². The van der Waals surface area contributed by atoms with E-state index in [1.165, 1.54) is 6.07 Å². The second-order valence-electron chi connectivity index (χ2n) is 8.58. The third-order valence-electron chi connectivity index (χ3n) is 6.69. The average Bonchev–Trinajstić information content (AvgIpc) is 2.73. The first-order valence-corrected chi connectivity index (χ1v) is 10.7. The minimum absolute atomic E-state index is 0.0723. The van der Waals surface area contributed by atoms with Crippen molar-refractivity contribution in [1.29, 1.82) is 0 Å². The van der Waals surface area contributed by atoms with Crippen LogP contribution in [0.4, 0.5) is 15.8 Å². The number of piperidine rings is 1. The van der Waals surface area contributed by atoms with Crippen molar-refractivity contribution in [3.05, 3.63) is 65.6 Å². The number of hydrogen-bond acceptors (Lipinski definition) is 3. The Balaban J connectivity index is 1.21. The Morgan fingerprint density at radius 2 is 1.83 bits per heavy atom. The zero-order valence-electron chi connectivity index (χ0n) is 16.6. The number of halogens is 2. The number of rotatable bonds is 3. The highest BCUT2D eigenvalue weighted by Crippen LogP contribution is 2.53. The summed E-state index contributed by atoms with van der Waals surface area (Å²) in [6.45, 7) is 1.84. The van der Waals surface area contributed by atoms with Crippen LogP contribution in [0.15, 0.2) is 54.7 Å². The molecule has 0 atom stereocenters. The molecule has 1 N–H and O–H groups in total. The Kier molecular flexibility index (Phi) is 4.86. The molecule has 5 rings (SSSR count). The molecule has 1 aliphatic heterocycles. The topological polar surface area (TPSA) is 45.2 Å². The van der Waals surface area contributed by atoms with Crippen LogP contribution in [0.25, 0.3) is 10.9 Å². The number of hydrogen-bond donors (Lipinski definition) is 1. The van der Waals surface area contributed by atoms with Gasteiger partial charge in [-0.15, -0.1) is 0 Å². The van der Waals surface area contributed by atoms with Crippen LogP contribution in [0.3, 0.4) is 0 Å². The Labute approximate surface area is 180 Å². The van der Waals surface area contributed by atoms with Gasteiger partial charge in [0.15, 0.2) is 0 Å². The first-order valence-electron chi connectivity index (χ1n) is 10.4. The van der Waals surface area contributed by atoms with E-state index >= 15 is 0 Å². The van der Waals surface area contributed by atoms with Gasteiger partial charge in [0, 0.05) is 47.0 Å². The molecule has 2 heterocycles. The van der Waals surface area contributed by atoms with Gasteiger partial charge < -0.3 is 10.2 Å². The number of pyridine rings is 1. The van der Waals surface area contributed by atoms with E-state index in [2.05, 4.69) is 15.2 Å². The molecule has 4 nitrogen and oxygen atoms in total. The lowest BCUT2D eigenvalue weighted by molar-refractivity contribution is -0.128. The van der Waals surface area contributed by atoms with Gasteiger partial charge in [0.25, 0.3) is 0 Å². The first kappa shape index (κ1) is 19.3. The van der Waals surface area contributed by atoms with Crippen LogP contribution in [0, 0.1) is 17.2 Å². The largest absolute Gasteiger partial charge is 0.371 e. The molecule has 2 fully saturated rings. The van der Waals surface area contributed by atoms with Crippen LogP contribution in [0.5, 0.6) is 0 Å². The van der Waals surface area contributed by atoms with Gasteiger partial charge in [0.05, 0.1) is 5.52 Å². The van der Waals surface area contributed by atoms with Crippen molar-refractivity contribution in [2.75, 3.05) is 23.3 Å². The van der Waals surface area contributed by atoms with E-state index in [-0.39, 0.29) is 23.1 Å². The van der Waals surface area contributed by atoms with Crippen LogP contribution < -0.4 is 10.2 Å². The number of anilines is 2. The van der Waals surface area contributed by atoms with Crippen molar-refractivity contribution in [1.82, 2.24) is 4.98 Å². The normalized spacial score (nSPS) is 18.4. The molecule has 1 aromatic heterocycles. The maximum Gasteiger partial charge on any atom is 0.227 e. The molecule has 0 unspecified atom stereocenters. The molecule has 1 spiro atoms. The van der Waals surface area contributed by atoms with Crippen LogP contribution in [0.1, 0.15) is 25.7 Å². The summed E-state index contributed by atoms with van der Waals surface area (Å²) in [4.78, 5) is 19.3. The summed E-state index contributed by atoms with van der Waals surface area (Å²) >= 11 is 5.90. The van der Waals surface area contributed by atoms with Crippen molar-refractivity contribution >= 4 is 39.8 Å². The summed E-state index contributed by atoms with van der Waals surface area (Å²) in [7, 11) is 0. The number of carbonyl (C=O) groups excluding carboxylic acids is 1. The van der Waals surface area contributed by atoms with E-state index in [1.54, 1.807) is 30.5 Å². The lowest BCUT2D eigenvalue weighted by Gasteiger charge is -2.52. The molecule has 154 valence electrons. The number of aromatic nitrogens is 1. The Bertz CT molecular complexity index is 1090. The van der Waals surface area contributed by atoms with E-state index < -0.39 is 0 Å². The fourth-order valence-corrected chi connectivity index (χ4v) is 5.08. The Morgan fingerprint density at radius 3 is 2.57 bits per heavy atom. The molecule has 2 aromatic carbocycles. The minimum atomic E-state index is -0.237. The average molecular weight is 424 g/mol. The van der Waals surface area contributed by atoms with Gasteiger partial charge in [-0.1, -0.05) is 11.6 Å². The molecule has 1 amide bonds. The number of benzene rings is 2. The van der Waals surface area contributed by atoms with Gasteiger partial charge in [-0.25, -0.2) is 4.39 Å². The second-order valence-corrected chi connectivity index (χ2v) is 9.02. The van der Waals surface area contributed by atoms with Gasteiger partial charge >= 0.3 is 0 Å². The lowest BCUT2D eigenvalue weighted by atomic mass is 9.57. The summed E-state index contributed by atoms with van der Waals surface area (Å²) < 4.78 is 13.8. The molecule has 2 aliphatic rings. The highest BCUT2D eigenvalue weighted by molar-refractivity contribution is 6.30. The van der Waals surface area contributed by atoms with E-state index in [4.69, 9.17) is 11.6 Å². The molecule has 30 heavy (non-hydrogen) atoms. The third-order valence-corrected chi connectivity index (χ3v) is 6.94. The molecule has 1 saturated carbocycles. The van der Waals surface area contributed by atoms with E-state index in [1.807, 2.05) is 18.2 Å². The van der Waals surface area contributed by atoms with Crippen LogP contribution in [0.2, 0.25) is 5.02 Å². The summed E-state index contributed by atoms with van der Waals surface area (Å²) in [5.41, 5.74) is 2.91. The quantitative estimate of drug-likeness (QED) is 0.591. The zero-order valence-corrected chi connectivity index (χ0v) is 17.3. The lowest BCUT2D eigenvalue weighted by Crippen LogP contribution is -2.50. The molecular formula is C24H23ClFN3O. The summed E-state index contributed by atoms with van der Waals surface area (Å²) in [6.07, 6.45) is 5.77. The SMILES string of the molecule is O=C(Nc1ccc(Cl)cc1)C1CC2(CCN(c3ccnc4ccc(F)cc34)CC2)C1. The van der Waals surface area contributed by atoms with Crippen LogP contribution >= 0.6 is 11.6 Å². The van der Waals surface area contributed by atoms with Crippen molar-refractivity contribution < 1.29 is 9.18 Å². The van der Waals surface area contributed by atoms with Gasteiger partial charge in [-0.3, -0.25) is 9.78 Å². The molecule has 0 radical (unpaired) electrons. The molecule has 0 bridgehead atoms. The van der Waals surface area contributed by atoms with Crippen molar-refractivity contribution in [2.45, 2.75) is 25.7 Å². The maximum absolute atomic E-state index is 13.8. The summed E-state index contributed by atoms with van der Waals surface area (Å²) in [6, 6.07) is 14.0. The van der Waals surface area contributed by atoms with Crippen molar-refractivity contribution in [3.63, 3.8) is 0 Å². The van der Waals surface area contributed by atoms with Gasteiger partial charge in [0.2, 0.25) is 5.91 Å². The van der Waals surface area contributed by atoms with Gasteiger partial charge in [-0.2, -0.15) is 0 Å². The van der Waals surface area contributed by atoms with Crippen LogP contribution in [-0.4, -0.2) is 24.0 Å². The molecule has 1 aliphatic carbocycles. The fourth-order valence-electron chi connectivity index (χ4n) is 4.96. The number of nitrogens with zero attached hydrogens (tertiary/aromatic N) is 2.